The summed E-state index contributed by atoms with van der Waals surface area (Å²) in [6.45, 7) is 4.06. The Kier molecular flexibility index (Phi) is 3.90. The summed E-state index contributed by atoms with van der Waals surface area (Å²) in [6, 6.07) is 6.54. The zero-order valence-corrected chi connectivity index (χ0v) is 10.6. The molecule has 1 atom stereocenters. The van der Waals surface area contributed by atoms with Crippen LogP contribution in [0.4, 0.5) is 10.1 Å². The van der Waals surface area contributed by atoms with Crippen LogP contribution < -0.4 is 4.90 Å². The van der Waals surface area contributed by atoms with E-state index >= 15 is 0 Å². The smallest absolute Gasteiger partial charge is 0.124 e. The summed E-state index contributed by atoms with van der Waals surface area (Å²) in [5.41, 5.74) is 1.31. The highest BCUT2D eigenvalue weighted by atomic mass is 32.2. The number of rotatable bonds is 2. The van der Waals surface area contributed by atoms with Crippen LogP contribution in [0.1, 0.15) is 18.9 Å². The Bertz CT molecular complexity index is 442. The summed E-state index contributed by atoms with van der Waals surface area (Å²) in [7, 11) is 0. The van der Waals surface area contributed by atoms with Crippen molar-refractivity contribution in [2.24, 2.45) is 0 Å². The molecule has 1 unspecified atom stereocenters. The van der Waals surface area contributed by atoms with Crippen LogP contribution in [0, 0.1) is 17.1 Å². The van der Waals surface area contributed by atoms with Gasteiger partial charge < -0.3 is 4.90 Å². The number of hydrogen-bond acceptors (Lipinski definition) is 3. The average Bonchev–Trinajstić information content (AvgIpc) is 2.38. The van der Waals surface area contributed by atoms with Crippen LogP contribution in [0.2, 0.25) is 0 Å². The molecule has 0 N–H and O–H groups in total. The predicted octanol–water partition coefficient (Wildman–Crippen LogP) is 3.03. The van der Waals surface area contributed by atoms with E-state index in [0.717, 1.165) is 31.0 Å². The van der Waals surface area contributed by atoms with Gasteiger partial charge in [-0.2, -0.15) is 17.0 Å². The van der Waals surface area contributed by atoms with E-state index in [1.54, 1.807) is 6.07 Å². The second-order valence-corrected chi connectivity index (χ2v) is 5.53. The first-order chi connectivity index (χ1) is 8.24. The Labute approximate surface area is 105 Å². The third-order valence-corrected chi connectivity index (χ3v) is 4.39. The standard InChI is InChI=1S/C13H15FN2S/c1-2-12-9-16(5-6-17-12)13-4-3-11(14)7-10(13)8-15/h3-4,7,12H,2,5-6,9H2,1H3. The first-order valence-electron chi connectivity index (χ1n) is 5.80. The maximum absolute atomic E-state index is 13.1. The fourth-order valence-electron chi connectivity index (χ4n) is 2.06. The number of nitrogens with zero attached hydrogens (tertiary/aromatic N) is 2. The first kappa shape index (κ1) is 12.3. The van der Waals surface area contributed by atoms with Crippen molar-refractivity contribution in [3.05, 3.63) is 29.6 Å². The van der Waals surface area contributed by atoms with Crippen molar-refractivity contribution in [3.63, 3.8) is 0 Å². The molecule has 0 bridgehead atoms. The molecule has 2 rings (SSSR count). The molecule has 1 heterocycles. The Morgan fingerprint density at radius 3 is 3.12 bits per heavy atom. The fraction of sp³-hybridized carbons (Fsp3) is 0.462. The number of thioether (sulfide) groups is 1. The van der Waals surface area contributed by atoms with Gasteiger partial charge >= 0.3 is 0 Å². The lowest BCUT2D eigenvalue weighted by molar-refractivity contribution is 0.626. The van der Waals surface area contributed by atoms with E-state index in [4.69, 9.17) is 5.26 Å². The van der Waals surface area contributed by atoms with Crippen molar-refractivity contribution >= 4 is 17.4 Å². The SMILES string of the molecule is CCC1CN(c2ccc(F)cc2C#N)CCS1. The molecule has 1 aliphatic heterocycles. The summed E-state index contributed by atoms with van der Waals surface area (Å²) in [5, 5.41) is 9.66. The van der Waals surface area contributed by atoms with Crippen LogP contribution >= 0.6 is 11.8 Å². The minimum Gasteiger partial charge on any atom is -0.369 e. The van der Waals surface area contributed by atoms with Gasteiger partial charge in [0.2, 0.25) is 0 Å². The van der Waals surface area contributed by atoms with Gasteiger partial charge in [0.1, 0.15) is 11.9 Å². The van der Waals surface area contributed by atoms with E-state index in [-0.39, 0.29) is 5.82 Å². The third kappa shape index (κ3) is 2.73. The summed E-state index contributed by atoms with van der Waals surface area (Å²) >= 11 is 1.98. The van der Waals surface area contributed by atoms with Crippen molar-refractivity contribution in [2.45, 2.75) is 18.6 Å². The molecular weight excluding hydrogens is 235 g/mol. The predicted molar refractivity (Wildman–Crippen MR) is 69.9 cm³/mol. The molecule has 0 aliphatic carbocycles. The second-order valence-electron chi connectivity index (χ2n) is 4.12. The minimum absolute atomic E-state index is 0.344. The molecule has 0 spiro atoms. The maximum Gasteiger partial charge on any atom is 0.124 e. The van der Waals surface area contributed by atoms with Gasteiger partial charge in [-0.15, -0.1) is 0 Å². The van der Waals surface area contributed by atoms with Crippen LogP contribution in [-0.4, -0.2) is 24.1 Å². The number of nitriles is 1. The lowest BCUT2D eigenvalue weighted by Crippen LogP contribution is -2.38. The van der Waals surface area contributed by atoms with Gasteiger partial charge in [-0.05, 0) is 24.6 Å². The van der Waals surface area contributed by atoms with Crippen molar-refractivity contribution in [3.8, 4) is 6.07 Å². The van der Waals surface area contributed by atoms with Crippen molar-refractivity contribution in [2.75, 3.05) is 23.7 Å². The van der Waals surface area contributed by atoms with Crippen LogP contribution in [-0.2, 0) is 0 Å². The molecule has 2 nitrogen and oxygen atoms in total. The second kappa shape index (κ2) is 5.42. The summed E-state index contributed by atoms with van der Waals surface area (Å²) in [5.74, 6) is 0.726. The van der Waals surface area contributed by atoms with E-state index in [0.29, 0.717) is 10.8 Å². The van der Waals surface area contributed by atoms with Crippen molar-refractivity contribution < 1.29 is 4.39 Å². The molecule has 1 fully saturated rings. The van der Waals surface area contributed by atoms with E-state index in [1.807, 2.05) is 11.8 Å². The molecule has 0 saturated carbocycles. The number of benzene rings is 1. The minimum atomic E-state index is -0.344. The Balaban J connectivity index is 2.24. The highest BCUT2D eigenvalue weighted by molar-refractivity contribution is 8.00. The maximum atomic E-state index is 13.1. The quantitative estimate of drug-likeness (QED) is 0.807. The number of anilines is 1. The van der Waals surface area contributed by atoms with Crippen molar-refractivity contribution in [1.82, 2.24) is 0 Å². The zero-order chi connectivity index (χ0) is 12.3. The Morgan fingerprint density at radius 1 is 1.59 bits per heavy atom. The van der Waals surface area contributed by atoms with E-state index in [9.17, 15) is 4.39 Å². The zero-order valence-electron chi connectivity index (χ0n) is 9.82. The van der Waals surface area contributed by atoms with Gasteiger partial charge in [0.25, 0.3) is 0 Å². The van der Waals surface area contributed by atoms with Crippen LogP contribution in [0.5, 0.6) is 0 Å². The molecule has 90 valence electrons. The summed E-state index contributed by atoms with van der Waals surface area (Å²) in [6.07, 6.45) is 1.13. The molecule has 17 heavy (non-hydrogen) atoms. The van der Waals surface area contributed by atoms with E-state index in [2.05, 4.69) is 17.9 Å². The van der Waals surface area contributed by atoms with Crippen molar-refractivity contribution in [1.29, 1.82) is 5.26 Å². The highest BCUT2D eigenvalue weighted by Gasteiger charge is 2.21. The van der Waals surface area contributed by atoms with Crippen LogP contribution in [0.15, 0.2) is 18.2 Å². The first-order valence-corrected chi connectivity index (χ1v) is 6.85. The molecule has 0 amide bonds. The lowest BCUT2D eigenvalue weighted by atomic mass is 10.1. The molecule has 1 aromatic rings. The molecule has 4 heteroatoms. The molecule has 0 radical (unpaired) electrons. The molecule has 1 saturated heterocycles. The molecular formula is C13H15FN2S. The van der Waals surface area contributed by atoms with E-state index in [1.165, 1.54) is 12.1 Å². The van der Waals surface area contributed by atoms with Gasteiger partial charge in [-0.3, -0.25) is 0 Å². The van der Waals surface area contributed by atoms with Gasteiger partial charge in [0, 0.05) is 24.1 Å². The van der Waals surface area contributed by atoms with Gasteiger partial charge in [0.15, 0.2) is 0 Å². The van der Waals surface area contributed by atoms with E-state index < -0.39 is 0 Å². The van der Waals surface area contributed by atoms with Gasteiger partial charge in [-0.25, -0.2) is 4.39 Å². The lowest BCUT2D eigenvalue weighted by Gasteiger charge is -2.34. The topological polar surface area (TPSA) is 27.0 Å². The third-order valence-electron chi connectivity index (χ3n) is 3.01. The normalized spacial score (nSPS) is 20.1. The van der Waals surface area contributed by atoms with Crippen LogP contribution in [0.25, 0.3) is 0 Å². The Morgan fingerprint density at radius 2 is 2.41 bits per heavy atom. The Hall–Kier alpha value is -1.21. The fourth-order valence-corrected chi connectivity index (χ4v) is 3.24. The molecule has 1 aromatic carbocycles. The average molecular weight is 250 g/mol. The number of hydrogen-bond donors (Lipinski definition) is 0. The summed E-state index contributed by atoms with van der Waals surface area (Å²) in [4.78, 5) is 2.20. The van der Waals surface area contributed by atoms with Gasteiger partial charge in [-0.1, -0.05) is 6.92 Å². The monoisotopic (exact) mass is 250 g/mol. The van der Waals surface area contributed by atoms with Gasteiger partial charge in [0.05, 0.1) is 11.3 Å². The number of halogens is 1. The van der Waals surface area contributed by atoms with Crippen LogP contribution in [0.3, 0.4) is 0 Å². The summed E-state index contributed by atoms with van der Waals surface area (Å²) < 4.78 is 13.1. The largest absolute Gasteiger partial charge is 0.369 e. The molecule has 1 aliphatic rings. The molecule has 0 aromatic heterocycles. The highest BCUT2D eigenvalue weighted by Crippen LogP contribution is 2.28.